The smallest absolute Gasteiger partial charge is 0.253 e. The van der Waals surface area contributed by atoms with E-state index >= 15 is 0 Å². The van der Waals surface area contributed by atoms with Crippen molar-refractivity contribution in [1.82, 2.24) is 14.2 Å². The van der Waals surface area contributed by atoms with Crippen molar-refractivity contribution in [3.05, 3.63) is 46.0 Å². The van der Waals surface area contributed by atoms with Crippen molar-refractivity contribution in [2.24, 2.45) is 11.1 Å². The first-order chi connectivity index (χ1) is 18.6. The number of carbonyl (C=O) groups excluding carboxylic acids is 1. The van der Waals surface area contributed by atoms with Crippen molar-refractivity contribution in [2.75, 3.05) is 13.1 Å². The van der Waals surface area contributed by atoms with E-state index in [2.05, 4.69) is 99.0 Å². The molecule has 0 unspecified atom stereocenters. The van der Waals surface area contributed by atoms with Crippen molar-refractivity contribution in [1.29, 1.82) is 0 Å². The third kappa shape index (κ3) is 8.00. The minimum Gasteiger partial charge on any atom is -0.349 e. The molecular weight excluding hydrogens is 516 g/mol. The third-order valence-corrected chi connectivity index (χ3v) is 9.61. The van der Waals surface area contributed by atoms with Crippen LogP contribution in [0.15, 0.2) is 34.3 Å². The molecule has 0 spiro atoms. The average Bonchev–Trinajstić information content (AvgIpc) is 3.21. The lowest BCUT2D eigenvalue weighted by molar-refractivity contribution is 0.0945. The maximum atomic E-state index is 13.4. The van der Waals surface area contributed by atoms with Gasteiger partial charge in [0.15, 0.2) is 0 Å². The van der Waals surface area contributed by atoms with Gasteiger partial charge >= 0.3 is 0 Å². The van der Waals surface area contributed by atoms with Crippen LogP contribution in [0.4, 0.5) is 0 Å². The predicted octanol–water partition coefficient (Wildman–Crippen LogP) is 8.74. The van der Waals surface area contributed by atoms with Crippen molar-refractivity contribution in [3.63, 3.8) is 0 Å². The summed E-state index contributed by atoms with van der Waals surface area (Å²) in [5.41, 5.74) is 4.36. The highest BCUT2D eigenvalue weighted by Gasteiger charge is 2.28. The zero-order chi connectivity index (χ0) is 29.9. The number of amides is 1. The van der Waals surface area contributed by atoms with Gasteiger partial charge in [-0.2, -0.15) is 4.91 Å². The fourth-order valence-corrected chi connectivity index (χ4v) is 6.78. The summed E-state index contributed by atoms with van der Waals surface area (Å²) in [5, 5.41) is 6.12. The fraction of sp³-hybridized carbons (Fsp3) is 0.667. The van der Waals surface area contributed by atoms with E-state index in [0.29, 0.717) is 11.5 Å². The van der Waals surface area contributed by atoms with E-state index in [-0.39, 0.29) is 23.4 Å². The van der Waals surface area contributed by atoms with Crippen molar-refractivity contribution in [3.8, 4) is 11.3 Å². The summed E-state index contributed by atoms with van der Waals surface area (Å²) in [6, 6.07) is 8.88. The van der Waals surface area contributed by atoms with Crippen LogP contribution in [0.5, 0.6) is 0 Å². The third-order valence-electron chi connectivity index (χ3n) is 8.03. The van der Waals surface area contributed by atoms with Crippen LogP contribution >= 0.6 is 11.9 Å². The Hall–Kier alpha value is -2.12. The highest BCUT2D eigenvalue weighted by atomic mass is 32.2. The van der Waals surface area contributed by atoms with Gasteiger partial charge < -0.3 is 9.88 Å². The van der Waals surface area contributed by atoms with Gasteiger partial charge in [0.25, 0.3) is 5.91 Å². The van der Waals surface area contributed by atoms with E-state index in [9.17, 15) is 9.70 Å². The number of hydrogen-bond acceptors (Lipinski definition) is 5. The van der Waals surface area contributed by atoms with Crippen molar-refractivity contribution in [2.45, 2.75) is 129 Å². The lowest BCUT2D eigenvalue weighted by Gasteiger charge is -2.35. The molecular formula is C33H52N4O2S. The summed E-state index contributed by atoms with van der Waals surface area (Å²) in [6.45, 7) is 23.4. The molecule has 1 aliphatic rings. The molecule has 0 atom stereocenters. The highest BCUT2D eigenvalue weighted by molar-refractivity contribution is 7.97. The van der Waals surface area contributed by atoms with Gasteiger partial charge in [-0.1, -0.05) is 58.2 Å². The Kier molecular flexibility index (Phi) is 10.4. The molecule has 222 valence electrons. The SMILES string of the molecule is CCN(Sc1ccc(-c2cc(C(=O)NCC(C)(C)N=O)c(C)n2CC2CCCCC2)cc1C(C)(C)C)C(C)(C)C. The molecule has 1 aromatic heterocycles. The van der Waals surface area contributed by atoms with Crippen LogP contribution in [-0.4, -0.2) is 38.9 Å². The maximum absolute atomic E-state index is 13.4. The van der Waals surface area contributed by atoms with Crippen LogP contribution in [-0.2, 0) is 12.0 Å². The van der Waals surface area contributed by atoms with Gasteiger partial charge in [0, 0.05) is 41.5 Å². The summed E-state index contributed by atoms with van der Waals surface area (Å²) in [7, 11) is 0. The molecule has 1 heterocycles. The molecule has 0 saturated heterocycles. The Morgan fingerprint density at radius 3 is 2.25 bits per heavy atom. The predicted molar refractivity (Wildman–Crippen MR) is 170 cm³/mol. The number of hydrogen-bond donors (Lipinski definition) is 1. The summed E-state index contributed by atoms with van der Waals surface area (Å²) in [6.07, 6.45) is 6.35. The van der Waals surface area contributed by atoms with Crippen LogP contribution < -0.4 is 5.32 Å². The zero-order valence-electron chi connectivity index (χ0n) is 26.6. The second kappa shape index (κ2) is 12.8. The monoisotopic (exact) mass is 568 g/mol. The summed E-state index contributed by atoms with van der Waals surface area (Å²) in [4.78, 5) is 25.8. The summed E-state index contributed by atoms with van der Waals surface area (Å²) < 4.78 is 4.81. The van der Waals surface area contributed by atoms with E-state index in [1.54, 1.807) is 13.8 Å². The van der Waals surface area contributed by atoms with Crippen LogP contribution in [0, 0.1) is 17.7 Å². The normalized spacial score (nSPS) is 15.5. The molecule has 40 heavy (non-hydrogen) atoms. The van der Waals surface area contributed by atoms with E-state index < -0.39 is 5.54 Å². The lowest BCUT2D eigenvalue weighted by Crippen LogP contribution is -2.37. The molecule has 1 amide bonds. The number of aromatic nitrogens is 1. The number of rotatable bonds is 10. The van der Waals surface area contributed by atoms with Crippen molar-refractivity contribution >= 4 is 17.9 Å². The maximum Gasteiger partial charge on any atom is 0.253 e. The van der Waals surface area contributed by atoms with Gasteiger partial charge in [-0.05, 0) is 107 Å². The minimum absolute atomic E-state index is 0.0426. The molecule has 3 rings (SSSR count). The number of benzene rings is 1. The van der Waals surface area contributed by atoms with E-state index in [1.807, 2.05) is 11.9 Å². The lowest BCUT2D eigenvalue weighted by atomic mass is 9.85. The largest absolute Gasteiger partial charge is 0.349 e. The van der Waals surface area contributed by atoms with Gasteiger partial charge in [-0.3, -0.25) is 4.79 Å². The van der Waals surface area contributed by atoms with E-state index in [4.69, 9.17) is 0 Å². The number of carbonyl (C=O) groups is 1. The van der Waals surface area contributed by atoms with Crippen LogP contribution in [0.2, 0.25) is 0 Å². The Bertz CT molecular complexity index is 1180. The van der Waals surface area contributed by atoms with Gasteiger partial charge in [0.1, 0.15) is 5.54 Å². The molecule has 2 aromatic rings. The minimum atomic E-state index is -0.842. The Morgan fingerprint density at radius 2 is 1.70 bits per heavy atom. The molecule has 0 aliphatic heterocycles. The molecule has 0 bridgehead atoms. The van der Waals surface area contributed by atoms with Crippen molar-refractivity contribution < 1.29 is 4.79 Å². The topological polar surface area (TPSA) is 66.7 Å². The molecule has 1 aromatic carbocycles. The number of nitrogens with one attached hydrogen (secondary N) is 1. The first-order valence-electron chi connectivity index (χ1n) is 15.0. The zero-order valence-corrected chi connectivity index (χ0v) is 27.4. The molecule has 6 nitrogen and oxygen atoms in total. The molecule has 7 heteroatoms. The molecule has 1 saturated carbocycles. The average molecular weight is 569 g/mol. The van der Waals surface area contributed by atoms with E-state index in [1.165, 1.54) is 42.6 Å². The number of nitroso groups, excluding NO2 is 1. The second-order valence-electron chi connectivity index (χ2n) is 14.1. The summed E-state index contributed by atoms with van der Waals surface area (Å²) >= 11 is 1.84. The van der Waals surface area contributed by atoms with Gasteiger partial charge in [-0.15, -0.1) is 0 Å². The van der Waals surface area contributed by atoms with E-state index in [0.717, 1.165) is 30.0 Å². The quantitative estimate of drug-likeness (QED) is 0.230. The Morgan fingerprint density at radius 1 is 1.05 bits per heavy atom. The standard InChI is InChI=1S/C33H52N4O2S/c1-11-37(32(6,7)8)40-29-18-17-25(19-27(29)31(3,4)5)28-20-26(30(38)34-22-33(9,10)35-39)23(2)36(28)21-24-15-13-12-14-16-24/h17-20,24H,11-16,21-22H2,1-10H3,(H,34,38). The van der Waals surface area contributed by atoms with Gasteiger partial charge in [-0.25, -0.2) is 4.31 Å². The second-order valence-corrected chi connectivity index (χ2v) is 15.2. The molecule has 0 radical (unpaired) electrons. The van der Waals surface area contributed by atoms with Gasteiger partial charge in [0.2, 0.25) is 0 Å². The number of nitrogens with zero attached hydrogens (tertiary/aromatic N) is 3. The Balaban J connectivity index is 2.08. The van der Waals surface area contributed by atoms with Crippen LogP contribution in [0.3, 0.4) is 0 Å². The Labute approximate surface area is 247 Å². The molecule has 1 fully saturated rings. The first-order valence-corrected chi connectivity index (χ1v) is 15.8. The molecule has 1 aliphatic carbocycles. The summed E-state index contributed by atoms with van der Waals surface area (Å²) in [5.74, 6) is 0.472. The van der Waals surface area contributed by atoms with Crippen LogP contribution in [0.1, 0.15) is 116 Å². The van der Waals surface area contributed by atoms with Gasteiger partial charge in [0.05, 0.1) is 5.56 Å². The molecule has 1 N–H and O–H groups in total. The van der Waals surface area contributed by atoms with Crippen LogP contribution in [0.25, 0.3) is 11.3 Å². The fourth-order valence-electron chi connectivity index (χ4n) is 5.55. The highest BCUT2D eigenvalue weighted by Crippen LogP contribution is 2.40. The first kappa shape index (κ1) is 32.4.